The smallest absolute Gasteiger partial charge is 0.0436 e. The van der Waals surface area contributed by atoms with Crippen molar-refractivity contribution in [2.45, 2.75) is 39.0 Å². The van der Waals surface area contributed by atoms with Crippen LogP contribution < -0.4 is 5.73 Å². The Morgan fingerprint density at radius 3 is 2.50 bits per heavy atom. The molecule has 0 aromatic rings. The van der Waals surface area contributed by atoms with Gasteiger partial charge in [0.25, 0.3) is 0 Å². The highest BCUT2D eigenvalue weighted by molar-refractivity contribution is 4.82. The molecule has 0 aromatic carbocycles. The van der Waals surface area contributed by atoms with E-state index in [0.717, 1.165) is 12.3 Å². The molecule has 2 heteroatoms. The molecule has 0 radical (unpaired) electrons. The predicted molar refractivity (Wildman–Crippen MR) is 50.8 cm³/mol. The van der Waals surface area contributed by atoms with Crippen molar-refractivity contribution in [1.82, 2.24) is 0 Å². The highest BCUT2D eigenvalue weighted by Gasteiger charge is 2.29. The quantitative estimate of drug-likeness (QED) is 0.659. The van der Waals surface area contributed by atoms with Gasteiger partial charge in [-0.25, -0.2) is 0 Å². The van der Waals surface area contributed by atoms with Crippen LogP contribution in [0.2, 0.25) is 0 Å². The summed E-state index contributed by atoms with van der Waals surface area (Å²) in [5.41, 5.74) is 5.90. The molecule has 3 N–H and O–H groups in total. The summed E-state index contributed by atoms with van der Waals surface area (Å²) in [5.74, 6) is 0.894. The van der Waals surface area contributed by atoms with Gasteiger partial charge in [0.15, 0.2) is 0 Å². The van der Waals surface area contributed by atoms with Crippen LogP contribution in [0.1, 0.15) is 39.0 Å². The lowest BCUT2D eigenvalue weighted by molar-refractivity contribution is 0.138. The number of hydrogen-bond acceptors (Lipinski definition) is 2. The molecule has 12 heavy (non-hydrogen) atoms. The first-order valence-corrected chi connectivity index (χ1v) is 5.01. The minimum atomic E-state index is 0.194. The second-order valence-electron chi connectivity index (χ2n) is 4.49. The van der Waals surface area contributed by atoms with E-state index < -0.39 is 0 Å². The van der Waals surface area contributed by atoms with Crippen LogP contribution in [0.3, 0.4) is 0 Å². The summed E-state index contributed by atoms with van der Waals surface area (Å²) in [6.45, 7) is 3.19. The van der Waals surface area contributed by atoms with E-state index in [1.54, 1.807) is 0 Å². The molecule has 1 rings (SSSR count). The molecule has 0 heterocycles. The second kappa shape index (κ2) is 4.24. The summed E-state index contributed by atoms with van der Waals surface area (Å²) in [4.78, 5) is 0. The van der Waals surface area contributed by atoms with E-state index in [1.807, 2.05) is 0 Å². The number of rotatable bonds is 5. The second-order valence-corrected chi connectivity index (χ2v) is 4.49. The van der Waals surface area contributed by atoms with Gasteiger partial charge >= 0.3 is 0 Å². The van der Waals surface area contributed by atoms with E-state index in [-0.39, 0.29) is 12.0 Å². The molecule has 1 atom stereocenters. The average Bonchev–Trinajstić information content (AvgIpc) is 1.98. The van der Waals surface area contributed by atoms with E-state index in [4.69, 9.17) is 10.8 Å². The van der Waals surface area contributed by atoms with Crippen molar-refractivity contribution in [3.05, 3.63) is 0 Å². The van der Waals surface area contributed by atoms with Crippen molar-refractivity contribution < 1.29 is 5.11 Å². The first-order chi connectivity index (χ1) is 5.70. The molecule has 2 nitrogen and oxygen atoms in total. The zero-order valence-corrected chi connectivity index (χ0v) is 8.05. The molecule has 1 aliphatic carbocycles. The Labute approximate surface area is 75.2 Å². The molecule has 1 fully saturated rings. The van der Waals surface area contributed by atoms with Crippen molar-refractivity contribution in [2.24, 2.45) is 17.1 Å². The Kier molecular flexibility index (Phi) is 3.53. The van der Waals surface area contributed by atoms with Gasteiger partial charge in [0.05, 0.1) is 0 Å². The lowest BCUT2D eigenvalue weighted by Gasteiger charge is -2.36. The molecule has 1 aliphatic rings. The largest absolute Gasteiger partial charge is 0.396 e. The number of hydrogen-bond donors (Lipinski definition) is 2. The number of aliphatic hydroxyl groups excluding tert-OH is 1. The molecule has 0 amide bonds. The third-order valence-electron chi connectivity index (χ3n) is 3.21. The van der Waals surface area contributed by atoms with Crippen LogP contribution in [-0.2, 0) is 0 Å². The van der Waals surface area contributed by atoms with Crippen molar-refractivity contribution in [1.29, 1.82) is 0 Å². The van der Waals surface area contributed by atoms with Crippen molar-refractivity contribution >= 4 is 0 Å². The van der Waals surface area contributed by atoms with E-state index in [0.29, 0.717) is 6.54 Å². The summed E-state index contributed by atoms with van der Waals surface area (Å²) >= 11 is 0. The third-order valence-corrected chi connectivity index (χ3v) is 3.21. The highest BCUT2D eigenvalue weighted by Crippen LogP contribution is 2.38. The monoisotopic (exact) mass is 171 g/mol. The topological polar surface area (TPSA) is 46.2 Å². The molecule has 1 saturated carbocycles. The summed E-state index contributed by atoms with van der Waals surface area (Å²) in [5, 5.41) is 8.88. The van der Waals surface area contributed by atoms with Gasteiger partial charge in [-0.1, -0.05) is 26.2 Å². The Hall–Kier alpha value is -0.0800. The summed E-state index contributed by atoms with van der Waals surface area (Å²) in [6.07, 6.45) is 6.22. The van der Waals surface area contributed by atoms with Crippen LogP contribution in [0.4, 0.5) is 0 Å². The molecule has 0 spiro atoms. The van der Waals surface area contributed by atoms with Crippen LogP contribution in [0.25, 0.3) is 0 Å². The first kappa shape index (κ1) is 10.0. The fourth-order valence-electron chi connectivity index (χ4n) is 1.95. The number of aliphatic hydroxyl groups is 1. The van der Waals surface area contributed by atoms with Gasteiger partial charge in [-0.3, -0.25) is 0 Å². The molecule has 72 valence electrons. The minimum absolute atomic E-state index is 0.194. The zero-order chi connectivity index (χ0) is 9.03. The fraction of sp³-hybridized carbons (Fsp3) is 1.00. The van der Waals surface area contributed by atoms with Crippen LogP contribution in [0, 0.1) is 11.3 Å². The predicted octanol–water partition coefficient (Wildman–Crippen LogP) is 1.52. The van der Waals surface area contributed by atoms with E-state index >= 15 is 0 Å². The normalized spacial score (nSPS) is 23.2. The van der Waals surface area contributed by atoms with Gasteiger partial charge in [0.1, 0.15) is 0 Å². The zero-order valence-electron chi connectivity index (χ0n) is 8.05. The molecule has 1 unspecified atom stereocenters. The maximum Gasteiger partial charge on any atom is 0.0436 e. The van der Waals surface area contributed by atoms with Crippen LogP contribution in [-0.4, -0.2) is 18.3 Å². The summed E-state index contributed by atoms with van der Waals surface area (Å²) < 4.78 is 0. The Morgan fingerprint density at radius 1 is 1.50 bits per heavy atom. The van der Waals surface area contributed by atoms with Gasteiger partial charge < -0.3 is 10.8 Å². The van der Waals surface area contributed by atoms with Gasteiger partial charge in [-0.2, -0.15) is 0 Å². The molecular formula is C10H21NO. The average molecular weight is 171 g/mol. The van der Waals surface area contributed by atoms with Crippen LogP contribution >= 0.6 is 0 Å². The maximum atomic E-state index is 8.88. The van der Waals surface area contributed by atoms with Crippen LogP contribution in [0.5, 0.6) is 0 Å². The molecule has 0 saturated heterocycles. The SMILES string of the molecule is CC(CN)(CCO)CC1CCC1. The molecule has 0 aliphatic heterocycles. The van der Waals surface area contributed by atoms with E-state index in [2.05, 4.69) is 6.92 Å². The van der Waals surface area contributed by atoms with Gasteiger partial charge in [0.2, 0.25) is 0 Å². The van der Waals surface area contributed by atoms with Gasteiger partial charge in [-0.15, -0.1) is 0 Å². The standard InChI is InChI=1S/C10H21NO/c1-10(8-11,5-6-12)7-9-3-2-4-9/h9,12H,2-8,11H2,1H3. The lowest BCUT2D eigenvalue weighted by atomic mass is 9.71. The molecular weight excluding hydrogens is 150 g/mol. The minimum Gasteiger partial charge on any atom is -0.396 e. The maximum absolute atomic E-state index is 8.88. The highest BCUT2D eigenvalue weighted by atomic mass is 16.3. The van der Waals surface area contributed by atoms with Crippen molar-refractivity contribution in [2.75, 3.05) is 13.2 Å². The third kappa shape index (κ3) is 2.46. The lowest BCUT2D eigenvalue weighted by Crippen LogP contribution is -2.32. The van der Waals surface area contributed by atoms with Gasteiger partial charge in [-0.05, 0) is 30.7 Å². The van der Waals surface area contributed by atoms with Crippen molar-refractivity contribution in [3.8, 4) is 0 Å². The van der Waals surface area contributed by atoms with E-state index in [9.17, 15) is 0 Å². The van der Waals surface area contributed by atoms with Crippen molar-refractivity contribution in [3.63, 3.8) is 0 Å². The van der Waals surface area contributed by atoms with E-state index in [1.165, 1.54) is 25.7 Å². The number of nitrogens with two attached hydrogens (primary N) is 1. The van der Waals surface area contributed by atoms with Crippen LogP contribution in [0.15, 0.2) is 0 Å². The molecule has 0 aromatic heterocycles. The molecule has 0 bridgehead atoms. The summed E-state index contributed by atoms with van der Waals surface area (Å²) in [7, 11) is 0. The summed E-state index contributed by atoms with van der Waals surface area (Å²) in [6, 6.07) is 0. The Morgan fingerprint density at radius 2 is 2.17 bits per heavy atom. The van der Waals surface area contributed by atoms with Gasteiger partial charge in [0, 0.05) is 6.61 Å². The fourth-order valence-corrected chi connectivity index (χ4v) is 1.95. The Balaban J connectivity index is 2.30. The first-order valence-electron chi connectivity index (χ1n) is 5.01. The Bertz CT molecular complexity index is 134.